The van der Waals surface area contributed by atoms with Crippen LogP contribution in [0.5, 0.6) is 0 Å². The minimum absolute atomic E-state index is 0.00843. The molecule has 268 valence electrons. The van der Waals surface area contributed by atoms with Crippen molar-refractivity contribution in [2.75, 3.05) is 16.7 Å². The van der Waals surface area contributed by atoms with Crippen molar-refractivity contribution < 1.29 is 39.6 Å². The third-order valence-electron chi connectivity index (χ3n) is 9.21. The summed E-state index contributed by atoms with van der Waals surface area (Å²) in [4.78, 5) is 22.6. The first-order valence-electron chi connectivity index (χ1n) is 15.5. The predicted molar refractivity (Wildman–Crippen MR) is 172 cm³/mol. The summed E-state index contributed by atoms with van der Waals surface area (Å²) in [5.74, 6) is -8.84. The van der Waals surface area contributed by atoms with Crippen LogP contribution >= 0.6 is 0 Å². The van der Waals surface area contributed by atoms with Gasteiger partial charge in [-0.05, 0) is 36.1 Å². The molecule has 4 atom stereocenters. The van der Waals surface area contributed by atoms with Crippen LogP contribution in [0.4, 0.5) is 38.0 Å². The molecule has 0 bridgehead atoms. The highest BCUT2D eigenvalue weighted by Gasteiger charge is 2.71. The van der Waals surface area contributed by atoms with Crippen LogP contribution in [-0.2, 0) is 40.8 Å². The summed E-state index contributed by atoms with van der Waals surface area (Å²) in [6, 6.07) is 6.25. The Bertz CT molecular complexity index is 2330. The lowest BCUT2D eigenvalue weighted by molar-refractivity contribution is -0.123. The molecule has 12 nitrogen and oxygen atoms in total. The van der Waals surface area contributed by atoms with Crippen LogP contribution in [0.1, 0.15) is 53.5 Å². The zero-order valence-corrected chi connectivity index (χ0v) is 27.8. The number of sulfonamides is 1. The van der Waals surface area contributed by atoms with Crippen LogP contribution in [0.3, 0.4) is 0 Å². The zero-order valence-electron chi connectivity index (χ0n) is 27.0. The largest absolute Gasteiger partial charge is 0.382 e. The Morgan fingerprint density at radius 1 is 1.10 bits per heavy atom. The molecule has 19 heteroatoms. The molecule has 3 aromatic heterocycles. The Hall–Kier alpha value is -5.20. The number of rotatable bonds is 10. The summed E-state index contributed by atoms with van der Waals surface area (Å²) in [6.45, 7) is 0.660. The molecule has 3 heterocycles. The molecule has 4 unspecified atom stereocenters. The SMILES string of the molecule is CC1C2c3c(C(F)F)nn(CC(=O)NC(Cc4cc(F)cc(F)c4)c4ncc(N)nc4-c4cccc5c(NS(C)(=O)=O)nn(C)c45)c3C(F)(F)C12. The minimum Gasteiger partial charge on any atom is -0.382 e. The van der Waals surface area contributed by atoms with Crippen LogP contribution in [-0.4, -0.2) is 50.1 Å². The van der Waals surface area contributed by atoms with Gasteiger partial charge in [-0.25, -0.2) is 31.0 Å². The van der Waals surface area contributed by atoms with Crippen LogP contribution < -0.4 is 15.8 Å². The number of nitrogens with zero attached hydrogens (tertiary/aromatic N) is 6. The van der Waals surface area contributed by atoms with Crippen molar-refractivity contribution in [3.63, 3.8) is 0 Å². The number of nitrogens with one attached hydrogen (secondary N) is 2. The topological polar surface area (TPSA) is 163 Å². The second-order valence-electron chi connectivity index (χ2n) is 12.8. The van der Waals surface area contributed by atoms with Gasteiger partial charge in [-0.2, -0.15) is 19.0 Å². The van der Waals surface area contributed by atoms with Gasteiger partial charge in [0.2, 0.25) is 15.9 Å². The molecule has 2 aliphatic carbocycles. The van der Waals surface area contributed by atoms with Crippen molar-refractivity contribution in [1.82, 2.24) is 34.8 Å². The summed E-state index contributed by atoms with van der Waals surface area (Å²) < 4.78 is 116. The first-order valence-corrected chi connectivity index (χ1v) is 17.4. The maximum absolute atomic E-state index is 15.4. The molecular weight excluding hydrogens is 704 g/mol. The molecule has 0 saturated heterocycles. The molecule has 1 fully saturated rings. The molecule has 1 saturated carbocycles. The highest BCUT2D eigenvalue weighted by Crippen LogP contribution is 2.71. The second kappa shape index (κ2) is 12.0. The van der Waals surface area contributed by atoms with E-state index in [1.54, 1.807) is 32.2 Å². The van der Waals surface area contributed by atoms with Crippen LogP contribution in [0.2, 0.25) is 0 Å². The molecule has 0 radical (unpaired) electrons. The molecule has 2 aliphatic rings. The summed E-state index contributed by atoms with van der Waals surface area (Å²) in [5.41, 5.74) is 5.11. The monoisotopic (exact) mass is 733 g/mol. The summed E-state index contributed by atoms with van der Waals surface area (Å²) >= 11 is 0. The fraction of sp³-hybridized carbons (Fsp3) is 0.344. The number of carbonyl (C=O) groups excluding carboxylic acids is 1. The Morgan fingerprint density at radius 2 is 1.80 bits per heavy atom. The Balaban J connectivity index is 1.31. The average molecular weight is 734 g/mol. The molecule has 7 rings (SSSR count). The third kappa shape index (κ3) is 6.02. The highest BCUT2D eigenvalue weighted by molar-refractivity contribution is 7.92. The van der Waals surface area contributed by atoms with Crippen molar-refractivity contribution in [3.8, 4) is 11.3 Å². The number of para-hydroxylation sites is 1. The number of carbonyl (C=O) groups is 1. The number of hydrogen-bond acceptors (Lipinski definition) is 8. The number of aryl methyl sites for hydroxylation is 1. The summed E-state index contributed by atoms with van der Waals surface area (Å²) in [7, 11) is -2.19. The quantitative estimate of drug-likeness (QED) is 0.170. The van der Waals surface area contributed by atoms with Crippen molar-refractivity contribution in [2.24, 2.45) is 18.9 Å². The normalized spacial score (nSPS) is 19.6. The van der Waals surface area contributed by atoms with E-state index in [2.05, 4.69) is 30.2 Å². The van der Waals surface area contributed by atoms with Crippen molar-refractivity contribution >= 4 is 38.5 Å². The number of benzene rings is 2. The number of hydrogen-bond donors (Lipinski definition) is 3. The number of fused-ring (bicyclic) bond motifs is 4. The third-order valence-corrected chi connectivity index (χ3v) is 9.78. The van der Waals surface area contributed by atoms with Crippen molar-refractivity contribution in [1.29, 1.82) is 0 Å². The molecule has 0 aliphatic heterocycles. The van der Waals surface area contributed by atoms with Gasteiger partial charge >= 0.3 is 0 Å². The fourth-order valence-corrected chi connectivity index (χ4v) is 7.77. The molecule has 2 aromatic carbocycles. The molecule has 4 N–H and O–H groups in total. The fourth-order valence-electron chi connectivity index (χ4n) is 7.27. The van der Waals surface area contributed by atoms with Gasteiger partial charge in [0, 0.05) is 41.5 Å². The lowest BCUT2D eigenvalue weighted by atomic mass is 9.97. The molecule has 0 spiro atoms. The maximum atomic E-state index is 15.4. The van der Waals surface area contributed by atoms with E-state index in [4.69, 9.17) is 5.73 Å². The lowest BCUT2D eigenvalue weighted by Gasteiger charge is -2.22. The van der Waals surface area contributed by atoms with Gasteiger partial charge in [0.05, 0.1) is 35.4 Å². The number of anilines is 2. The Kier molecular flexibility index (Phi) is 8.03. The van der Waals surface area contributed by atoms with E-state index in [9.17, 15) is 30.8 Å². The van der Waals surface area contributed by atoms with E-state index in [-0.39, 0.29) is 40.6 Å². The number of amides is 1. The molecule has 1 amide bonds. The van der Waals surface area contributed by atoms with Gasteiger partial charge in [0.15, 0.2) is 5.82 Å². The number of halogens is 6. The van der Waals surface area contributed by atoms with E-state index in [1.807, 2.05) is 0 Å². The van der Waals surface area contributed by atoms with Gasteiger partial charge in [-0.3, -0.25) is 23.9 Å². The molecule has 5 aromatic rings. The van der Waals surface area contributed by atoms with Crippen LogP contribution in [0.25, 0.3) is 22.2 Å². The lowest BCUT2D eigenvalue weighted by Crippen LogP contribution is -2.35. The smallest absolute Gasteiger partial charge is 0.293 e. The van der Waals surface area contributed by atoms with Gasteiger partial charge in [0.25, 0.3) is 12.3 Å². The molecule has 51 heavy (non-hydrogen) atoms. The number of nitrogen functional groups attached to an aromatic ring is 1. The Morgan fingerprint density at radius 3 is 2.47 bits per heavy atom. The van der Waals surface area contributed by atoms with E-state index >= 15 is 8.78 Å². The Labute approximate surface area is 286 Å². The van der Waals surface area contributed by atoms with E-state index < -0.39 is 81.6 Å². The zero-order chi connectivity index (χ0) is 36.7. The van der Waals surface area contributed by atoms with Gasteiger partial charge in [-0.1, -0.05) is 19.1 Å². The molecular formula is C32H29F6N9O3S. The average Bonchev–Trinajstić information content (AvgIpc) is 3.26. The number of nitrogens with two attached hydrogens (primary N) is 1. The van der Waals surface area contributed by atoms with Gasteiger partial charge < -0.3 is 11.1 Å². The first kappa shape index (κ1) is 34.3. The predicted octanol–water partition coefficient (Wildman–Crippen LogP) is 4.95. The van der Waals surface area contributed by atoms with E-state index in [1.165, 1.54) is 10.9 Å². The maximum Gasteiger partial charge on any atom is 0.293 e. The number of alkyl halides is 4. The number of aromatic nitrogens is 6. The van der Waals surface area contributed by atoms with Crippen molar-refractivity contribution in [3.05, 3.63) is 82.4 Å². The highest BCUT2D eigenvalue weighted by atomic mass is 32.2. The summed E-state index contributed by atoms with van der Waals surface area (Å²) in [5, 5.41) is 11.0. The summed E-state index contributed by atoms with van der Waals surface area (Å²) in [6.07, 6.45) is -1.33. The van der Waals surface area contributed by atoms with Crippen LogP contribution in [0.15, 0.2) is 42.6 Å². The van der Waals surface area contributed by atoms with Crippen LogP contribution in [0, 0.1) is 23.5 Å². The minimum atomic E-state index is -3.74. The standard InChI is InChI=1S/C32H29F6N9O3S/c1-13-22-23-27(30(35)36)43-47(29(23)32(37,38)24(13)22)12-21(48)41-19(9-14-7-15(33)10-16(34)8-14)26-25(42-20(39)11-40-26)17-5-4-6-18-28(17)46(2)44-31(18)45-51(3,49)50/h4-8,10-11,13,19,22,24,30H,9,12H2,1-3H3,(H2,39,42)(H,41,48)(H,44,45). The van der Waals surface area contributed by atoms with Gasteiger partial charge in [-0.15, -0.1) is 0 Å². The van der Waals surface area contributed by atoms with Gasteiger partial charge in [0.1, 0.15) is 35.4 Å². The van der Waals surface area contributed by atoms with E-state index in [0.717, 1.165) is 18.4 Å². The van der Waals surface area contributed by atoms with E-state index in [0.29, 0.717) is 27.2 Å². The second-order valence-corrected chi connectivity index (χ2v) is 14.6. The van der Waals surface area contributed by atoms with Crippen molar-refractivity contribution in [2.45, 2.75) is 44.2 Å². The first-order chi connectivity index (χ1) is 23.9.